The molecule has 0 unspecified atom stereocenters. The van der Waals surface area contributed by atoms with Crippen molar-refractivity contribution in [2.45, 2.75) is 33.2 Å². The summed E-state index contributed by atoms with van der Waals surface area (Å²) in [6.07, 6.45) is 0.573. The van der Waals surface area contributed by atoms with Crippen LogP contribution in [-0.2, 0) is 0 Å². The topological polar surface area (TPSA) is 46.3 Å². The van der Waals surface area contributed by atoms with Gasteiger partial charge < -0.3 is 10.6 Å². The Balaban J connectivity index is 2.77. The van der Waals surface area contributed by atoms with Crippen LogP contribution in [0.3, 0.4) is 0 Å². The van der Waals surface area contributed by atoms with Crippen molar-refractivity contribution < 1.29 is 4.79 Å². The molecule has 0 aliphatic heterocycles. The van der Waals surface area contributed by atoms with Gasteiger partial charge >= 0.3 is 0 Å². The fraction of sp³-hybridized carbons (Fsp3) is 0.500. The highest BCUT2D eigenvalue weighted by atomic mass is 32.1. The van der Waals surface area contributed by atoms with E-state index in [1.54, 1.807) is 0 Å². The largest absolute Gasteiger partial charge is 0.393 e. The van der Waals surface area contributed by atoms with E-state index in [2.05, 4.69) is 0 Å². The molecule has 0 aliphatic carbocycles. The van der Waals surface area contributed by atoms with Gasteiger partial charge in [-0.25, -0.2) is 0 Å². The third-order valence-corrected chi connectivity index (χ3v) is 3.63. The van der Waals surface area contributed by atoms with Crippen LogP contribution in [0.5, 0.6) is 0 Å². The van der Waals surface area contributed by atoms with Crippen molar-refractivity contribution in [1.29, 1.82) is 0 Å². The first-order chi connectivity index (χ1) is 7.91. The fourth-order valence-corrected chi connectivity index (χ4v) is 2.43. The van der Waals surface area contributed by atoms with Gasteiger partial charge in [0.2, 0.25) is 0 Å². The van der Waals surface area contributed by atoms with E-state index in [9.17, 15) is 4.79 Å². The zero-order valence-electron chi connectivity index (χ0n) is 10.4. The number of nitrogens with two attached hydrogens (primary N) is 1. The highest BCUT2D eigenvalue weighted by molar-refractivity contribution is 7.80. The van der Waals surface area contributed by atoms with Gasteiger partial charge in [0, 0.05) is 23.9 Å². The molecule has 94 valence electrons. The Morgan fingerprint density at radius 2 is 2.18 bits per heavy atom. The van der Waals surface area contributed by atoms with Crippen molar-refractivity contribution in [1.82, 2.24) is 4.90 Å². The molecule has 0 spiro atoms. The van der Waals surface area contributed by atoms with Crippen molar-refractivity contribution in [3.05, 3.63) is 21.9 Å². The first-order valence-corrected chi connectivity index (χ1v) is 6.80. The third kappa shape index (κ3) is 4.09. The molecule has 1 aromatic heterocycles. The molecule has 1 amide bonds. The molecule has 0 atom stereocenters. The third-order valence-electron chi connectivity index (χ3n) is 2.43. The zero-order chi connectivity index (χ0) is 13.0. The van der Waals surface area contributed by atoms with Crippen molar-refractivity contribution in [3.8, 4) is 0 Å². The molecule has 0 bridgehead atoms. The Labute approximate surface area is 112 Å². The lowest BCUT2D eigenvalue weighted by molar-refractivity contribution is 0.0716. The number of carbonyl (C=O) groups is 1. The number of carbonyl (C=O) groups excluding carboxylic acids is 1. The van der Waals surface area contributed by atoms with E-state index in [-0.39, 0.29) is 11.9 Å². The first-order valence-electron chi connectivity index (χ1n) is 5.57. The van der Waals surface area contributed by atoms with Crippen LogP contribution >= 0.6 is 23.6 Å². The van der Waals surface area contributed by atoms with E-state index in [4.69, 9.17) is 18.0 Å². The predicted octanol–water partition coefficient (Wildman–Crippen LogP) is 2.58. The molecular weight excluding hydrogens is 252 g/mol. The number of hydrogen-bond donors (Lipinski definition) is 1. The molecule has 0 saturated carbocycles. The normalized spacial score (nSPS) is 10.6. The highest BCUT2D eigenvalue weighted by Gasteiger charge is 2.19. The van der Waals surface area contributed by atoms with Crippen LogP contribution in [0.2, 0.25) is 0 Å². The lowest BCUT2D eigenvalue weighted by atomic mass is 10.2. The van der Waals surface area contributed by atoms with Gasteiger partial charge in [-0.2, -0.15) is 0 Å². The van der Waals surface area contributed by atoms with Crippen LogP contribution < -0.4 is 5.73 Å². The van der Waals surface area contributed by atoms with Gasteiger partial charge in [0.1, 0.15) is 0 Å². The summed E-state index contributed by atoms with van der Waals surface area (Å²) in [6, 6.07) is 3.99. The molecule has 2 N–H and O–H groups in total. The summed E-state index contributed by atoms with van der Waals surface area (Å²) in [6.45, 7) is 6.58. The monoisotopic (exact) mass is 270 g/mol. The second-order valence-corrected chi connectivity index (χ2v) is 6.03. The van der Waals surface area contributed by atoms with Crippen LogP contribution in [0.15, 0.2) is 12.1 Å². The maximum Gasteiger partial charge on any atom is 0.264 e. The van der Waals surface area contributed by atoms with Gasteiger partial charge in [-0.1, -0.05) is 12.2 Å². The summed E-state index contributed by atoms with van der Waals surface area (Å²) in [4.78, 5) is 16.4. The van der Waals surface area contributed by atoms with E-state index in [0.29, 0.717) is 18.0 Å². The maximum atomic E-state index is 12.3. The SMILES string of the molecule is Cc1ccc(C(=O)N(CCC(N)=S)C(C)C)s1. The summed E-state index contributed by atoms with van der Waals surface area (Å²) in [7, 11) is 0. The van der Waals surface area contributed by atoms with Crippen molar-refractivity contribution in [2.24, 2.45) is 5.73 Å². The van der Waals surface area contributed by atoms with Gasteiger partial charge in [0.15, 0.2) is 0 Å². The molecule has 0 radical (unpaired) electrons. The average molecular weight is 270 g/mol. The summed E-state index contributed by atoms with van der Waals surface area (Å²) in [5.41, 5.74) is 5.48. The highest BCUT2D eigenvalue weighted by Crippen LogP contribution is 2.18. The van der Waals surface area contributed by atoms with Gasteiger partial charge in [0.05, 0.1) is 9.87 Å². The number of thiophene rings is 1. The number of thiocarbonyl (C=S) groups is 1. The lowest BCUT2D eigenvalue weighted by Gasteiger charge is -2.26. The minimum absolute atomic E-state index is 0.0642. The van der Waals surface area contributed by atoms with E-state index < -0.39 is 0 Å². The first kappa shape index (κ1) is 14.1. The van der Waals surface area contributed by atoms with Crippen LogP contribution in [-0.4, -0.2) is 28.4 Å². The summed E-state index contributed by atoms with van der Waals surface area (Å²) < 4.78 is 0. The smallest absolute Gasteiger partial charge is 0.264 e. The summed E-state index contributed by atoms with van der Waals surface area (Å²) >= 11 is 6.37. The molecule has 1 rings (SSSR count). The van der Waals surface area contributed by atoms with Crippen molar-refractivity contribution in [2.75, 3.05) is 6.54 Å². The van der Waals surface area contributed by atoms with Crippen LogP contribution in [0.1, 0.15) is 34.8 Å². The number of aryl methyl sites for hydroxylation is 1. The molecule has 5 heteroatoms. The average Bonchev–Trinajstić information content (AvgIpc) is 2.63. The predicted molar refractivity (Wildman–Crippen MR) is 76.6 cm³/mol. The Morgan fingerprint density at radius 1 is 1.53 bits per heavy atom. The lowest BCUT2D eigenvalue weighted by Crippen LogP contribution is -2.38. The molecule has 0 fully saturated rings. The van der Waals surface area contributed by atoms with Gasteiger partial charge in [-0.3, -0.25) is 4.79 Å². The van der Waals surface area contributed by atoms with Crippen LogP contribution in [0, 0.1) is 6.92 Å². The number of amides is 1. The second-order valence-electron chi connectivity index (χ2n) is 4.22. The molecule has 1 heterocycles. The van der Waals surface area contributed by atoms with Crippen molar-refractivity contribution >= 4 is 34.5 Å². The zero-order valence-corrected chi connectivity index (χ0v) is 12.0. The standard InChI is InChI=1S/C12H18N2OS2/c1-8(2)14(7-6-11(13)16)12(15)10-5-4-9(3)17-10/h4-5,8H,6-7H2,1-3H3,(H2,13,16). The van der Waals surface area contributed by atoms with Crippen LogP contribution in [0.25, 0.3) is 0 Å². The van der Waals surface area contributed by atoms with E-state index in [1.807, 2.05) is 37.8 Å². The Kier molecular flexibility index (Phi) is 5.08. The minimum Gasteiger partial charge on any atom is -0.393 e. The molecule has 3 nitrogen and oxygen atoms in total. The molecule has 17 heavy (non-hydrogen) atoms. The maximum absolute atomic E-state index is 12.3. The Morgan fingerprint density at radius 3 is 2.59 bits per heavy atom. The molecule has 0 aromatic carbocycles. The molecular formula is C12H18N2OS2. The minimum atomic E-state index is 0.0642. The van der Waals surface area contributed by atoms with Gasteiger partial charge in [0.25, 0.3) is 5.91 Å². The van der Waals surface area contributed by atoms with Crippen LogP contribution in [0.4, 0.5) is 0 Å². The van der Waals surface area contributed by atoms with Gasteiger partial charge in [-0.15, -0.1) is 11.3 Å². The Hall–Kier alpha value is -0.940. The second kappa shape index (κ2) is 6.12. The van der Waals surface area contributed by atoms with Crippen molar-refractivity contribution in [3.63, 3.8) is 0 Å². The summed E-state index contributed by atoms with van der Waals surface area (Å²) in [5.74, 6) is 0.0642. The number of hydrogen-bond acceptors (Lipinski definition) is 3. The van der Waals surface area contributed by atoms with E-state index in [0.717, 1.165) is 9.75 Å². The summed E-state index contributed by atoms with van der Waals surface area (Å²) in [5, 5.41) is 0. The number of rotatable bonds is 5. The Bertz CT molecular complexity index is 412. The molecule has 0 saturated heterocycles. The fourth-order valence-electron chi connectivity index (χ4n) is 1.52. The quantitative estimate of drug-likeness (QED) is 0.837. The van der Waals surface area contributed by atoms with E-state index >= 15 is 0 Å². The van der Waals surface area contributed by atoms with E-state index in [1.165, 1.54) is 11.3 Å². The number of nitrogens with zero attached hydrogens (tertiary/aromatic N) is 1. The molecule has 1 aromatic rings. The molecule has 0 aliphatic rings. The van der Waals surface area contributed by atoms with Gasteiger partial charge in [-0.05, 0) is 32.9 Å².